The molecular formula is C19H30O3. The van der Waals surface area contributed by atoms with E-state index in [2.05, 4.69) is 13.8 Å². The molecule has 22 heavy (non-hydrogen) atoms. The number of fused-ring (bicyclic) bond motifs is 5. The van der Waals surface area contributed by atoms with E-state index in [0.29, 0.717) is 35.9 Å². The van der Waals surface area contributed by atoms with E-state index >= 15 is 0 Å². The van der Waals surface area contributed by atoms with Crippen LogP contribution < -0.4 is 0 Å². The molecule has 0 aromatic rings. The van der Waals surface area contributed by atoms with Crippen molar-refractivity contribution in [1.82, 2.24) is 0 Å². The molecular weight excluding hydrogens is 276 g/mol. The average Bonchev–Trinajstić information content (AvgIpc) is 2.75. The van der Waals surface area contributed by atoms with Gasteiger partial charge in [0.05, 0.1) is 12.2 Å². The number of rotatable bonds is 0. The van der Waals surface area contributed by atoms with Gasteiger partial charge in [0.2, 0.25) is 0 Å². The normalized spacial score (nSPS) is 57.9. The number of carbonyl (C=O) groups excluding carboxylic acids is 1. The van der Waals surface area contributed by atoms with E-state index in [0.717, 1.165) is 38.5 Å². The van der Waals surface area contributed by atoms with Gasteiger partial charge in [0, 0.05) is 11.8 Å². The van der Waals surface area contributed by atoms with Crippen molar-refractivity contribution in [2.24, 2.45) is 34.5 Å². The zero-order chi connectivity index (χ0) is 15.7. The van der Waals surface area contributed by atoms with Gasteiger partial charge in [-0.05, 0) is 74.0 Å². The van der Waals surface area contributed by atoms with E-state index < -0.39 is 0 Å². The van der Waals surface area contributed by atoms with Crippen LogP contribution in [0.1, 0.15) is 65.2 Å². The minimum Gasteiger partial charge on any atom is -0.393 e. The van der Waals surface area contributed by atoms with Crippen LogP contribution in [0.2, 0.25) is 0 Å². The highest BCUT2D eigenvalue weighted by molar-refractivity contribution is 5.87. The zero-order valence-corrected chi connectivity index (χ0v) is 13.9. The largest absolute Gasteiger partial charge is 0.393 e. The Labute approximate surface area is 133 Å². The van der Waals surface area contributed by atoms with Crippen molar-refractivity contribution < 1.29 is 15.0 Å². The first-order valence-electron chi connectivity index (χ1n) is 9.25. The third-order valence-electron chi connectivity index (χ3n) is 8.28. The summed E-state index contributed by atoms with van der Waals surface area (Å²) in [7, 11) is 0. The lowest BCUT2D eigenvalue weighted by Crippen LogP contribution is -2.59. The minimum absolute atomic E-state index is 0.145. The summed E-state index contributed by atoms with van der Waals surface area (Å²) in [5.41, 5.74) is -0.105. The molecule has 4 aliphatic carbocycles. The van der Waals surface area contributed by atoms with Crippen LogP contribution in [-0.4, -0.2) is 28.2 Å². The maximum Gasteiger partial charge on any atom is 0.139 e. The second kappa shape index (κ2) is 4.80. The van der Waals surface area contributed by atoms with Crippen LogP contribution in [0.5, 0.6) is 0 Å². The number of carbonyl (C=O) groups is 1. The van der Waals surface area contributed by atoms with E-state index in [9.17, 15) is 15.0 Å². The van der Waals surface area contributed by atoms with E-state index in [-0.39, 0.29) is 23.0 Å². The molecule has 3 heteroatoms. The molecule has 0 saturated heterocycles. The van der Waals surface area contributed by atoms with Gasteiger partial charge in [-0.1, -0.05) is 13.8 Å². The molecule has 0 aromatic heterocycles. The fraction of sp³-hybridized carbons (Fsp3) is 0.947. The Morgan fingerprint density at radius 1 is 1.09 bits per heavy atom. The molecule has 0 aliphatic heterocycles. The smallest absolute Gasteiger partial charge is 0.139 e. The highest BCUT2D eigenvalue weighted by atomic mass is 16.3. The highest BCUT2D eigenvalue weighted by Gasteiger charge is 2.63. The third kappa shape index (κ3) is 1.84. The number of aliphatic hydroxyl groups excluding tert-OH is 2. The second-order valence-electron chi connectivity index (χ2n) is 9.16. The van der Waals surface area contributed by atoms with Crippen molar-refractivity contribution in [2.45, 2.75) is 77.4 Å². The van der Waals surface area contributed by atoms with Crippen LogP contribution in [0.25, 0.3) is 0 Å². The van der Waals surface area contributed by atoms with Gasteiger partial charge in [0.15, 0.2) is 0 Å². The monoisotopic (exact) mass is 306 g/mol. The van der Waals surface area contributed by atoms with Gasteiger partial charge in [-0.2, -0.15) is 0 Å². The predicted molar refractivity (Wildman–Crippen MR) is 84.1 cm³/mol. The van der Waals surface area contributed by atoms with E-state index in [1.54, 1.807) is 0 Å². The quantitative estimate of drug-likeness (QED) is 0.723. The molecule has 124 valence electrons. The SMILES string of the molecule is CC12C[C@H](O)C3C(CC[C@@H]4C[C@H](O)CCC34C)C1CCC2=O. The summed E-state index contributed by atoms with van der Waals surface area (Å²) in [4.78, 5) is 12.4. The maximum absolute atomic E-state index is 12.4. The Bertz CT molecular complexity index is 489. The summed E-state index contributed by atoms with van der Waals surface area (Å²) >= 11 is 0. The first kappa shape index (κ1) is 15.1. The number of hydrogen-bond donors (Lipinski definition) is 2. The van der Waals surface area contributed by atoms with Crippen LogP contribution in [0, 0.1) is 34.5 Å². The van der Waals surface area contributed by atoms with Crippen LogP contribution in [0.15, 0.2) is 0 Å². The topological polar surface area (TPSA) is 57.5 Å². The average molecular weight is 306 g/mol. The Hall–Kier alpha value is -0.410. The van der Waals surface area contributed by atoms with Crippen molar-refractivity contribution in [3.05, 3.63) is 0 Å². The molecule has 5 unspecified atom stereocenters. The summed E-state index contributed by atoms with van der Waals surface area (Å²) in [5, 5.41) is 21.0. The van der Waals surface area contributed by atoms with Crippen molar-refractivity contribution in [3.8, 4) is 0 Å². The first-order valence-corrected chi connectivity index (χ1v) is 9.25. The molecule has 0 bridgehead atoms. The predicted octanol–water partition coefficient (Wildman–Crippen LogP) is 2.93. The Morgan fingerprint density at radius 2 is 1.86 bits per heavy atom. The maximum atomic E-state index is 12.4. The molecule has 4 rings (SSSR count). The summed E-state index contributed by atoms with van der Waals surface area (Å²) in [6, 6.07) is 0. The van der Waals surface area contributed by atoms with Crippen molar-refractivity contribution in [1.29, 1.82) is 0 Å². The summed E-state index contributed by atoms with van der Waals surface area (Å²) in [5.74, 6) is 2.27. The molecule has 0 spiro atoms. The van der Waals surface area contributed by atoms with Crippen LogP contribution in [0.3, 0.4) is 0 Å². The number of aliphatic hydroxyl groups is 2. The number of hydrogen-bond acceptors (Lipinski definition) is 3. The van der Waals surface area contributed by atoms with Gasteiger partial charge in [-0.25, -0.2) is 0 Å². The van der Waals surface area contributed by atoms with Crippen LogP contribution in [0.4, 0.5) is 0 Å². The van der Waals surface area contributed by atoms with Gasteiger partial charge >= 0.3 is 0 Å². The molecule has 0 amide bonds. The van der Waals surface area contributed by atoms with Crippen LogP contribution in [-0.2, 0) is 4.79 Å². The fourth-order valence-corrected chi connectivity index (χ4v) is 7.13. The molecule has 3 nitrogen and oxygen atoms in total. The molecule has 4 aliphatic rings. The second-order valence-corrected chi connectivity index (χ2v) is 9.16. The van der Waals surface area contributed by atoms with E-state index in [1.165, 1.54) is 6.42 Å². The lowest BCUT2D eigenvalue weighted by Gasteiger charge is -2.61. The summed E-state index contributed by atoms with van der Waals surface area (Å²) in [6.45, 7) is 4.48. The van der Waals surface area contributed by atoms with Crippen LogP contribution >= 0.6 is 0 Å². The number of Topliss-reactive ketones (excluding diaryl/α,β-unsaturated/α-hetero) is 1. The van der Waals surface area contributed by atoms with Gasteiger partial charge < -0.3 is 10.2 Å². The number of ketones is 1. The zero-order valence-electron chi connectivity index (χ0n) is 13.9. The highest BCUT2D eigenvalue weighted by Crippen LogP contribution is 2.65. The van der Waals surface area contributed by atoms with Crippen molar-refractivity contribution in [2.75, 3.05) is 0 Å². The van der Waals surface area contributed by atoms with Gasteiger partial charge in [0.25, 0.3) is 0 Å². The fourth-order valence-electron chi connectivity index (χ4n) is 7.13. The van der Waals surface area contributed by atoms with E-state index in [1.807, 2.05) is 0 Å². The Kier molecular flexibility index (Phi) is 3.30. The Balaban J connectivity index is 1.69. The summed E-state index contributed by atoms with van der Waals surface area (Å²) < 4.78 is 0. The lowest BCUT2D eigenvalue weighted by atomic mass is 9.44. The lowest BCUT2D eigenvalue weighted by molar-refractivity contribution is -0.175. The summed E-state index contributed by atoms with van der Waals surface area (Å²) in [6.07, 6.45) is 7.08. The standard InChI is InChI=1S/C19H30O3/c1-18-8-7-12(20)9-11(18)3-4-13-14-5-6-16(22)19(14,2)10-15(21)17(13)18/h11-15,17,20-21H,3-10H2,1-2H3/t11-,12-,13?,14?,15+,17?,18?,19?/m1/s1. The molecule has 8 atom stereocenters. The minimum atomic E-state index is -0.337. The molecule has 2 N–H and O–H groups in total. The van der Waals surface area contributed by atoms with Crippen molar-refractivity contribution >= 4 is 5.78 Å². The van der Waals surface area contributed by atoms with Gasteiger partial charge in [-0.15, -0.1) is 0 Å². The van der Waals surface area contributed by atoms with E-state index in [4.69, 9.17) is 0 Å². The molecule has 0 radical (unpaired) electrons. The first-order chi connectivity index (χ1) is 10.4. The molecule has 4 fully saturated rings. The Morgan fingerprint density at radius 3 is 2.64 bits per heavy atom. The molecule has 4 saturated carbocycles. The van der Waals surface area contributed by atoms with Gasteiger partial charge in [0.1, 0.15) is 5.78 Å². The molecule has 0 aromatic carbocycles. The van der Waals surface area contributed by atoms with Crippen molar-refractivity contribution in [3.63, 3.8) is 0 Å². The third-order valence-corrected chi connectivity index (χ3v) is 8.28. The van der Waals surface area contributed by atoms with Gasteiger partial charge in [-0.3, -0.25) is 4.79 Å². The molecule has 0 heterocycles.